The van der Waals surface area contributed by atoms with Crippen molar-refractivity contribution in [2.24, 2.45) is 11.3 Å². The van der Waals surface area contributed by atoms with Crippen LogP contribution in [0.3, 0.4) is 0 Å². The summed E-state index contributed by atoms with van der Waals surface area (Å²) in [5, 5.41) is 0. The molecule has 2 aromatic carbocycles. The van der Waals surface area contributed by atoms with Gasteiger partial charge in [-0.2, -0.15) is 0 Å². The number of benzene rings is 2. The molecule has 0 radical (unpaired) electrons. The van der Waals surface area contributed by atoms with Crippen LogP contribution >= 0.6 is 0 Å². The Labute approximate surface area is 183 Å². The van der Waals surface area contributed by atoms with Crippen molar-refractivity contribution < 1.29 is 9.53 Å². The fourth-order valence-electron chi connectivity index (χ4n) is 4.86. The van der Waals surface area contributed by atoms with Crippen LogP contribution in [0.2, 0.25) is 0 Å². The highest BCUT2D eigenvalue weighted by Gasteiger charge is 2.38. The van der Waals surface area contributed by atoms with E-state index in [2.05, 4.69) is 79.7 Å². The molecule has 162 valence electrons. The Morgan fingerprint density at radius 1 is 1.00 bits per heavy atom. The molecule has 0 fully saturated rings. The lowest BCUT2D eigenvalue weighted by molar-refractivity contribution is 0.0896. The first kappa shape index (κ1) is 22.6. The van der Waals surface area contributed by atoms with Gasteiger partial charge in [0.05, 0.1) is 7.11 Å². The summed E-state index contributed by atoms with van der Waals surface area (Å²) in [5.74, 6) is 1.29. The predicted molar refractivity (Wildman–Crippen MR) is 127 cm³/mol. The first-order valence-corrected chi connectivity index (χ1v) is 11.2. The van der Waals surface area contributed by atoms with Crippen molar-refractivity contribution >= 4 is 5.78 Å². The molecule has 1 unspecified atom stereocenters. The van der Waals surface area contributed by atoms with Crippen LogP contribution in [0.1, 0.15) is 87.0 Å². The maximum Gasteiger partial charge on any atom is 0.166 e. The summed E-state index contributed by atoms with van der Waals surface area (Å²) in [6, 6.07) is 8.78. The third kappa shape index (κ3) is 4.19. The van der Waals surface area contributed by atoms with Gasteiger partial charge in [0.1, 0.15) is 5.75 Å². The third-order valence-electron chi connectivity index (χ3n) is 6.75. The van der Waals surface area contributed by atoms with Gasteiger partial charge in [0.15, 0.2) is 5.78 Å². The molecule has 2 heteroatoms. The average Bonchev–Trinajstić information content (AvgIpc) is 2.93. The molecule has 0 saturated heterocycles. The molecule has 0 spiro atoms. The smallest absolute Gasteiger partial charge is 0.166 e. The molecule has 3 rings (SSSR count). The zero-order valence-corrected chi connectivity index (χ0v) is 20.3. The molecule has 0 N–H and O–H groups in total. The second-order valence-corrected chi connectivity index (χ2v) is 11.0. The molecule has 1 atom stereocenters. The zero-order chi connectivity index (χ0) is 22.4. The summed E-state index contributed by atoms with van der Waals surface area (Å²) in [5.41, 5.74) is 7.99. The standard InChI is InChI=1S/C28H38O2/c1-10-28(7,8)16-20-14-21-22(25(20)29)15-23(27(4,5)6)26(30-9)24(21)19-12-17(2)11-18(3)13-19/h11-13,15,20H,10,14,16H2,1-9H3. The minimum atomic E-state index is -0.116. The van der Waals surface area contributed by atoms with Crippen LogP contribution in [0.5, 0.6) is 5.75 Å². The normalized spacial score (nSPS) is 16.7. The summed E-state index contributed by atoms with van der Waals surface area (Å²) < 4.78 is 6.04. The second kappa shape index (κ2) is 7.87. The first-order chi connectivity index (χ1) is 13.9. The van der Waals surface area contributed by atoms with E-state index in [1.165, 1.54) is 16.7 Å². The van der Waals surface area contributed by atoms with Crippen LogP contribution in [-0.2, 0) is 11.8 Å². The van der Waals surface area contributed by atoms with Crippen LogP contribution in [0.4, 0.5) is 0 Å². The van der Waals surface area contributed by atoms with E-state index < -0.39 is 0 Å². The molecule has 0 bridgehead atoms. The SMILES string of the molecule is CCC(C)(C)CC1Cc2c(cc(C(C)(C)C)c(OC)c2-c2cc(C)cc(C)c2)C1=O. The van der Waals surface area contributed by atoms with Gasteiger partial charge in [-0.1, -0.05) is 77.3 Å². The Morgan fingerprint density at radius 2 is 1.60 bits per heavy atom. The number of fused-ring (bicyclic) bond motifs is 1. The molecular weight excluding hydrogens is 368 g/mol. The molecule has 1 aliphatic carbocycles. The monoisotopic (exact) mass is 406 g/mol. The van der Waals surface area contributed by atoms with Crippen molar-refractivity contribution in [3.63, 3.8) is 0 Å². The average molecular weight is 407 g/mol. The minimum absolute atomic E-state index is 0.0551. The van der Waals surface area contributed by atoms with Gasteiger partial charge in [0.2, 0.25) is 0 Å². The lowest BCUT2D eigenvalue weighted by atomic mass is 9.79. The van der Waals surface area contributed by atoms with Crippen LogP contribution < -0.4 is 4.74 Å². The van der Waals surface area contributed by atoms with E-state index in [1.54, 1.807) is 7.11 Å². The van der Waals surface area contributed by atoms with Crippen molar-refractivity contribution in [2.45, 2.75) is 80.1 Å². The van der Waals surface area contributed by atoms with Crippen LogP contribution in [0.25, 0.3) is 11.1 Å². The summed E-state index contributed by atoms with van der Waals surface area (Å²) in [6.07, 6.45) is 2.81. The lowest BCUT2D eigenvalue weighted by Crippen LogP contribution is -2.20. The van der Waals surface area contributed by atoms with Gasteiger partial charge >= 0.3 is 0 Å². The summed E-state index contributed by atoms with van der Waals surface area (Å²) >= 11 is 0. The third-order valence-corrected chi connectivity index (χ3v) is 6.75. The Bertz CT molecular complexity index is 953. The molecule has 2 aromatic rings. The van der Waals surface area contributed by atoms with Crippen molar-refractivity contribution in [3.05, 3.63) is 52.1 Å². The molecule has 30 heavy (non-hydrogen) atoms. The number of ether oxygens (including phenoxy) is 1. The van der Waals surface area contributed by atoms with E-state index in [0.29, 0.717) is 5.78 Å². The van der Waals surface area contributed by atoms with Gasteiger partial charge < -0.3 is 4.74 Å². The zero-order valence-electron chi connectivity index (χ0n) is 20.3. The van der Waals surface area contributed by atoms with Crippen LogP contribution in [0.15, 0.2) is 24.3 Å². The van der Waals surface area contributed by atoms with E-state index >= 15 is 0 Å². The number of hydrogen-bond acceptors (Lipinski definition) is 2. The number of hydrogen-bond donors (Lipinski definition) is 0. The van der Waals surface area contributed by atoms with Crippen molar-refractivity contribution in [2.75, 3.05) is 7.11 Å². The number of carbonyl (C=O) groups is 1. The molecule has 0 saturated carbocycles. The summed E-state index contributed by atoms with van der Waals surface area (Å²) in [6.45, 7) is 17.6. The van der Waals surface area contributed by atoms with Gasteiger partial charge in [-0.15, -0.1) is 0 Å². The summed E-state index contributed by atoms with van der Waals surface area (Å²) in [7, 11) is 1.76. The number of carbonyl (C=O) groups excluding carboxylic acids is 1. The first-order valence-electron chi connectivity index (χ1n) is 11.2. The Kier molecular flexibility index (Phi) is 5.93. The van der Waals surface area contributed by atoms with Crippen molar-refractivity contribution in [1.82, 2.24) is 0 Å². The number of methoxy groups -OCH3 is 1. The van der Waals surface area contributed by atoms with Gasteiger partial charge in [0.25, 0.3) is 0 Å². The Hall–Kier alpha value is -2.09. The largest absolute Gasteiger partial charge is 0.496 e. The number of aryl methyl sites for hydroxylation is 2. The van der Waals surface area contributed by atoms with Crippen molar-refractivity contribution in [1.29, 1.82) is 0 Å². The van der Waals surface area contributed by atoms with Gasteiger partial charge in [0, 0.05) is 22.6 Å². The Balaban J connectivity index is 2.28. The highest BCUT2D eigenvalue weighted by Crippen LogP contribution is 2.48. The van der Waals surface area contributed by atoms with Crippen molar-refractivity contribution in [3.8, 4) is 16.9 Å². The summed E-state index contributed by atoms with van der Waals surface area (Å²) in [4.78, 5) is 13.5. The molecule has 0 heterocycles. The molecule has 0 amide bonds. The highest BCUT2D eigenvalue weighted by molar-refractivity contribution is 6.05. The van der Waals surface area contributed by atoms with E-state index in [1.807, 2.05) is 0 Å². The quantitative estimate of drug-likeness (QED) is 0.515. The van der Waals surface area contributed by atoms with Gasteiger partial charge in [-0.25, -0.2) is 0 Å². The molecule has 0 aliphatic heterocycles. The number of ketones is 1. The fraction of sp³-hybridized carbons (Fsp3) is 0.536. The molecule has 0 aromatic heterocycles. The topological polar surface area (TPSA) is 26.3 Å². The number of rotatable bonds is 5. The second-order valence-electron chi connectivity index (χ2n) is 11.0. The fourth-order valence-corrected chi connectivity index (χ4v) is 4.86. The predicted octanol–water partition coefficient (Wildman–Crippen LogP) is 7.46. The molecule has 1 aliphatic rings. The number of Topliss-reactive ketones (excluding diaryl/α,β-unsaturated/α-hetero) is 1. The van der Waals surface area contributed by atoms with Crippen LogP contribution in [0, 0.1) is 25.2 Å². The maximum atomic E-state index is 13.5. The van der Waals surface area contributed by atoms with E-state index in [0.717, 1.165) is 47.3 Å². The minimum Gasteiger partial charge on any atom is -0.496 e. The Morgan fingerprint density at radius 3 is 2.10 bits per heavy atom. The van der Waals surface area contributed by atoms with E-state index in [9.17, 15) is 4.79 Å². The lowest BCUT2D eigenvalue weighted by Gasteiger charge is -2.26. The van der Waals surface area contributed by atoms with E-state index in [4.69, 9.17) is 4.74 Å². The van der Waals surface area contributed by atoms with Crippen LogP contribution in [-0.4, -0.2) is 12.9 Å². The highest BCUT2D eigenvalue weighted by atomic mass is 16.5. The van der Waals surface area contributed by atoms with E-state index in [-0.39, 0.29) is 16.7 Å². The molecule has 2 nitrogen and oxygen atoms in total. The van der Waals surface area contributed by atoms with Gasteiger partial charge in [-0.05, 0) is 54.7 Å². The molecular formula is C28H38O2. The maximum absolute atomic E-state index is 13.5. The van der Waals surface area contributed by atoms with Gasteiger partial charge in [-0.3, -0.25) is 4.79 Å².